The number of nitrogens with one attached hydrogen (secondary N) is 1. The molecule has 0 saturated heterocycles. The van der Waals surface area contributed by atoms with Gasteiger partial charge in [0, 0.05) is 28.4 Å². The molecule has 0 fully saturated rings. The Morgan fingerprint density at radius 2 is 2.17 bits per heavy atom. The molecular formula is C17H17FN2O2S. The second kappa shape index (κ2) is 6.93. The molecule has 0 unspecified atom stereocenters. The zero-order chi connectivity index (χ0) is 16.2. The van der Waals surface area contributed by atoms with Gasteiger partial charge in [-0.1, -0.05) is 0 Å². The number of rotatable bonds is 6. The first-order chi connectivity index (χ1) is 11.2. The topological polar surface area (TPSA) is 54.4 Å². The predicted octanol–water partition coefficient (Wildman–Crippen LogP) is 3.71. The maximum atomic E-state index is 12.2. The van der Waals surface area contributed by atoms with Gasteiger partial charge in [-0.05, 0) is 41.8 Å². The number of alkyl halides is 1. The van der Waals surface area contributed by atoms with Crippen molar-refractivity contribution in [1.82, 2.24) is 4.98 Å². The Hall–Kier alpha value is -2.18. The van der Waals surface area contributed by atoms with Crippen LogP contribution in [0.15, 0.2) is 42.6 Å². The number of aliphatic hydroxyl groups excluding tert-OH is 1. The number of ether oxygens (including phenoxy) is 1. The molecule has 0 aliphatic carbocycles. The number of hydrogen-bond acceptors (Lipinski definition) is 5. The third-order valence-corrected chi connectivity index (χ3v) is 4.56. The smallest absolute Gasteiger partial charge is 0.125 e. The van der Waals surface area contributed by atoms with Gasteiger partial charge in [0.2, 0.25) is 0 Å². The summed E-state index contributed by atoms with van der Waals surface area (Å²) < 4.78 is 18.7. The molecule has 2 N–H and O–H groups in total. The van der Waals surface area contributed by atoms with Crippen LogP contribution >= 0.6 is 11.3 Å². The highest BCUT2D eigenvalue weighted by molar-refractivity contribution is 7.22. The van der Waals surface area contributed by atoms with E-state index >= 15 is 0 Å². The highest BCUT2D eigenvalue weighted by Crippen LogP contribution is 2.35. The highest BCUT2D eigenvalue weighted by atomic mass is 32.1. The number of aromatic nitrogens is 1. The Morgan fingerprint density at radius 3 is 2.87 bits per heavy atom. The van der Waals surface area contributed by atoms with Gasteiger partial charge >= 0.3 is 0 Å². The van der Waals surface area contributed by atoms with Crippen LogP contribution in [0, 0.1) is 0 Å². The summed E-state index contributed by atoms with van der Waals surface area (Å²) in [5.74, 6) is 1.46. The van der Waals surface area contributed by atoms with E-state index in [4.69, 9.17) is 4.74 Å². The highest BCUT2D eigenvalue weighted by Gasteiger charge is 2.08. The molecule has 2 heterocycles. The molecule has 0 spiro atoms. The Labute approximate surface area is 137 Å². The number of benzene rings is 1. The molecule has 4 nitrogen and oxygen atoms in total. The van der Waals surface area contributed by atoms with Crippen LogP contribution in [0.3, 0.4) is 0 Å². The van der Waals surface area contributed by atoms with Gasteiger partial charge in [-0.25, -0.2) is 9.37 Å². The maximum absolute atomic E-state index is 12.2. The SMILES string of the molecule is CNc1ccc(-c2cc3ccc(OC[C@@H](O)C[18F])cc3s2)cn1. The first-order valence-corrected chi connectivity index (χ1v) is 8.06. The van der Waals surface area contributed by atoms with E-state index in [0.717, 1.165) is 26.3 Å². The summed E-state index contributed by atoms with van der Waals surface area (Å²) >= 11 is 1.64. The predicted molar refractivity (Wildman–Crippen MR) is 92.1 cm³/mol. The van der Waals surface area contributed by atoms with Gasteiger partial charge in [0.05, 0.1) is 0 Å². The summed E-state index contributed by atoms with van der Waals surface area (Å²) in [6, 6.07) is 11.8. The molecule has 0 aliphatic rings. The molecule has 1 atom stereocenters. The van der Waals surface area contributed by atoms with Crippen molar-refractivity contribution < 1.29 is 14.2 Å². The van der Waals surface area contributed by atoms with Gasteiger partial charge in [-0.3, -0.25) is 0 Å². The number of fused-ring (bicyclic) bond motifs is 1. The molecule has 0 amide bonds. The average molecular weight is 331 g/mol. The molecule has 3 aromatic rings. The lowest BCUT2D eigenvalue weighted by Gasteiger charge is -2.08. The largest absolute Gasteiger partial charge is 0.491 e. The normalized spacial score (nSPS) is 12.3. The minimum absolute atomic E-state index is 0.0460. The molecular weight excluding hydrogens is 314 g/mol. The third-order valence-electron chi connectivity index (χ3n) is 3.42. The first kappa shape index (κ1) is 15.7. The number of aliphatic hydroxyl groups is 1. The summed E-state index contributed by atoms with van der Waals surface area (Å²) in [7, 11) is 1.84. The number of halogens is 1. The van der Waals surface area contributed by atoms with E-state index in [9.17, 15) is 9.50 Å². The van der Waals surface area contributed by atoms with Crippen molar-refractivity contribution in [1.29, 1.82) is 0 Å². The fraction of sp³-hybridized carbons (Fsp3) is 0.235. The van der Waals surface area contributed by atoms with Crippen molar-refractivity contribution in [3.8, 4) is 16.2 Å². The molecule has 23 heavy (non-hydrogen) atoms. The lowest BCUT2D eigenvalue weighted by atomic mass is 10.2. The van der Waals surface area contributed by atoms with Crippen molar-refractivity contribution in [2.45, 2.75) is 6.10 Å². The van der Waals surface area contributed by atoms with E-state index < -0.39 is 12.8 Å². The quantitative estimate of drug-likeness (QED) is 0.723. The Bertz CT molecular complexity index is 789. The van der Waals surface area contributed by atoms with Crippen LogP contribution in [-0.4, -0.2) is 36.5 Å². The van der Waals surface area contributed by atoms with Gasteiger partial charge in [0.1, 0.15) is 31.0 Å². The standard InChI is InChI=1S/C17H17FN2O2S/c1-19-17-5-3-12(9-20-17)15-6-11-2-4-14(7-16(11)23-15)22-10-13(21)8-18/h2-7,9,13,21H,8,10H2,1H3,(H,19,20)/t13-/m0/s1/i18-1. The van der Waals surface area contributed by atoms with E-state index in [0.29, 0.717) is 5.75 Å². The van der Waals surface area contributed by atoms with Crippen molar-refractivity contribution >= 4 is 27.2 Å². The fourth-order valence-corrected chi connectivity index (χ4v) is 3.25. The zero-order valence-corrected chi connectivity index (χ0v) is 13.4. The summed E-state index contributed by atoms with van der Waals surface area (Å²) in [6.45, 7) is -0.851. The van der Waals surface area contributed by atoms with E-state index in [1.165, 1.54) is 0 Å². The zero-order valence-electron chi connectivity index (χ0n) is 12.6. The number of nitrogens with zero attached hydrogens (tertiary/aromatic N) is 1. The monoisotopic (exact) mass is 331 g/mol. The number of pyridine rings is 1. The second-order valence-corrected chi connectivity index (χ2v) is 6.20. The number of hydrogen-bond donors (Lipinski definition) is 2. The van der Waals surface area contributed by atoms with Crippen LogP contribution in [-0.2, 0) is 0 Å². The summed E-state index contributed by atoms with van der Waals surface area (Å²) in [4.78, 5) is 5.45. The van der Waals surface area contributed by atoms with Crippen LogP contribution in [0.25, 0.3) is 20.5 Å². The Balaban J connectivity index is 1.83. The molecule has 0 aliphatic heterocycles. The minimum atomic E-state index is -1.08. The van der Waals surface area contributed by atoms with E-state index in [1.807, 2.05) is 43.6 Å². The Morgan fingerprint density at radius 1 is 1.30 bits per heavy atom. The van der Waals surface area contributed by atoms with Crippen LogP contribution in [0.5, 0.6) is 5.75 Å². The molecule has 0 saturated carbocycles. The lowest BCUT2D eigenvalue weighted by molar-refractivity contribution is 0.0842. The van der Waals surface area contributed by atoms with Gasteiger partial charge in [-0.15, -0.1) is 11.3 Å². The van der Waals surface area contributed by atoms with Crippen LogP contribution in [0.2, 0.25) is 0 Å². The second-order valence-electron chi connectivity index (χ2n) is 5.11. The lowest BCUT2D eigenvalue weighted by Crippen LogP contribution is -2.19. The van der Waals surface area contributed by atoms with Gasteiger partial charge < -0.3 is 15.2 Å². The molecule has 0 bridgehead atoms. The summed E-state index contributed by atoms with van der Waals surface area (Å²) in [5, 5.41) is 13.3. The van der Waals surface area contributed by atoms with Crippen LogP contribution in [0.4, 0.5) is 10.2 Å². The van der Waals surface area contributed by atoms with E-state index in [1.54, 1.807) is 11.3 Å². The number of anilines is 1. The van der Waals surface area contributed by atoms with Crippen molar-refractivity contribution in [3.63, 3.8) is 0 Å². The average Bonchev–Trinajstić information content (AvgIpc) is 3.03. The van der Waals surface area contributed by atoms with E-state index in [-0.39, 0.29) is 6.61 Å². The molecule has 6 heteroatoms. The van der Waals surface area contributed by atoms with Gasteiger partial charge in [0.25, 0.3) is 0 Å². The molecule has 3 rings (SSSR count). The maximum Gasteiger partial charge on any atom is 0.125 e. The minimum Gasteiger partial charge on any atom is -0.491 e. The summed E-state index contributed by atoms with van der Waals surface area (Å²) in [6.07, 6.45) is 0.757. The molecule has 1 aromatic carbocycles. The third kappa shape index (κ3) is 3.60. The Kier molecular flexibility index (Phi) is 4.73. The fourth-order valence-electron chi connectivity index (χ4n) is 2.17. The van der Waals surface area contributed by atoms with Crippen LogP contribution in [0.1, 0.15) is 0 Å². The van der Waals surface area contributed by atoms with Gasteiger partial charge in [-0.2, -0.15) is 0 Å². The van der Waals surface area contributed by atoms with Crippen molar-refractivity contribution in [2.75, 3.05) is 25.6 Å². The van der Waals surface area contributed by atoms with Crippen molar-refractivity contribution in [2.24, 2.45) is 0 Å². The molecule has 0 radical (unpaired) electrons. The van der Waals surface area contributed by atoms with E-state index in [2.05, 4.69) is 16.4 Å². The first-order valence-electron chi connectivity index (χ1n) is 7.24. The van der Waals surface area contributed by atoms with Gasteiger partial charge in [0.15, 0.2) is 0 Å². The number of thiophene rings is 1. The van der Waals surface area contributed by atoms with Crippen LogP contribution < -0.4 is 10.1 Å². The molecule has 120 valence electrons. The molecule has 2 aromatic heterocycles. The van der Waals surface area contributed by atoms with Crippen molar-refractivity contribution in [3.05, 3.63) is 42.6 Å². The summed E-state index contributed by atoms with van der Waals surface area (Å²) in [5.41, 5.74) is 1.06.